The molecule has 0 aliphatic heterocycles. The number of nitro groups is 1. The Balaban J connectivity index is 0.000000111. The molecule has 14 aromatic carbocycles. The van der Waals surface area contributed by atoms with Crippen LogP contribution in [0, 0.1) is 13.7 Å². The fraction of sp³-hybridized carbons (Fsp3) is 0. The molecular weight excluding hydrogens is 1410 g/mol. The summed E-state index contributed by atoms with van der Waals surface area (Å²) in [5.41, 5.74) is 7.66. The van der Waals surface area contributed by atoms with Gasteiger partial charge in [0.05, 0.1) is 21.5 Å². The summed E-state index contributed by atoms with van der Waals surface area (Å²) in [5.74, 6) is 0. The first kappa shape index (κ1) is 59.8. The largest absolute Gasteiger partial charge is 0.354 e. The van der Waals surface area contributed by atoms with E-state index >= 15 is 0 Å². The average Bonchev–Trinajstić information content (AvgIpc) is 1.77. The fourth-order valence-electron chi connectivity index (χ4n) is 11.2. The molecule has 0 aliphatic carbocycles. The highest BCUT2D eigenvalue weighted by Gasteiger charge is 2.19. The number of nitrogens with one attached hydrogen (secondary N) is 1. The van der Waals surface area contributed by atoms with Crippen molar-refractivity contribution in [2.45, 2.75) is 0 Å². The molecule has 1 N–H and O–H groups in total. The second-order valence-corrected chi connectivity index (χ2v) is 26.8. The number of halogens is 4. The number of para-hydroxylation sites is 1. The van der Waals surface area contributed by atoms with Gasteiger partial charge in [0.2, 0.25) is 0 Å². The van der Waals surface area contributed by atoms with Gasteiger partial charge in [-0.1, -0.05) is 278 Å². The maximum atomic E-state index is 11.2. The molecule has 16 aromatic rings. The van der Waals surface area contributed by atoms with E-state index in [1.165, 1.54) is 96.4 Å². The first-order valence-corrected chi connectivity index (χ1v) is 33.3. The third-order valence-corrected chi connectivity index (χ3v) is 19.7. The number of rotatable bonds is 6. The first-order valence-electron chi connectivity index (χ1n) is 28.5. The summed E-state index contributed by atoms with van der Waals surface area (Å²) in [7, 11) is -0.446. The predicted molar refractivity (Wildman–Crippen MR) is 395 cm³/mol. The third kappa shape index (κ3) is 13.5. The van der Waals surface area contributed by atoms with E-state index in [2.05, 4.69) is 323 Å². The molecule has 2 aromatic heterocycles. The van der Waals surface area contributed by atoms with Gasteiger partial charge in [-0.15, -0.1) is 0 Å². The van der Waals surface area contributed by atoms with Crippen molar-refractivity contribution < 1.29 is 4.92 Å². The van der Waals surface area contributed by atoms with Crippen molar-refractivity contribution in [3.8, 4) is 16.8 Å². The lowest BCUT2D eigenvalue weighted by Gasteiger charge is -2.18. The molecular formula is C78H54Br3IN3O2P. The van der Waals surface area contributed by atoms with E-state index in [-0.39, 0.29) is 10.6 Å². The van der Waals surface area contributed by atoms with Gasteiger partial charge in [0, 0.05) is 61.3 Å². The SMILES string of the molecule is Brc1ccc2[nH]c3ccc4ccccc4c3c2c1.Brc1ccc2c(c1)c1c3ccccc3ccc1n2-c1ccccc1.Ic1ccccc1.O=[N+]([O-])c1ccc(Br)cc1-c1cccc2ccccc12.c1ccc(P(c2ccccc2)c2ccccc2)cc1. The average molecular weight is 1460 g/mol. The molecule has 0 fully saturated rings. The molecule has 16 rings (SSSR count). The van der Waals surface area contributed by atoms with Gasteiger partial charge in [-0.05, 0) is 169 Å². The summed E-state index contributed by atoms with van der Waals surface area (Å²) in [6, 6.07) is 111. The Bertz CT molecular complexity index is 4970. The normalized spacial score (nSPS) is 10.9. The van der Waals surface area contributed by atoms with Gasteiger partial charge >= 0.3 is 0 Å². The quantitative estimate of drug-likeness (QED) is 0.0780. The van der Waals surface area contributed by atoms with E-state index in [9.17, 15) is 10.1 Å². The summed E-state index contributed by atoms with van der Waals surface area (Å²) in [4.78, 5) is 14.4. The minimum Gasteiger partial charge on any atom is -0.354 e. The monoisotopic (exact) mass is 1460 g/mol. The van der Waals surface area contributed by atoms with E-state index in [1.54, 1.807) is 12.1 Å². The number of aromatic amines is 1. The minimum atomic E-state index is -0.446. The van der Waals surface area contributed by atoms with Gasteiger partial charge in [0.1, 0.15) is 0 Å². The highest BCUT2D eigenvalue weighted by Crippen LogP contribution is 2.40. The zero-order valence-electron chi connectivity index (χ0n) is 47.3. The number of hydrogen-bond donors (Lipinski definition) is 1. The second-order valence-electron chi connectivity index (χ2n) is 20.6. The minimum absolute atomic E-state index is 0.115. The molecule has 10 heteroatoms. The van der Waals surface area contributed by atoms with Gasteiger partial charge in [0.25, 0.3) is 5.69 Å². The number of hydrogen-bond acceptors (Lipinski definition) is 2. The smallest absolute Gasteiger partial charge is 0.277 e. The Morgan fingerprint density at radius 1 is 0.364 bits per heavy atom. The zero-order valence-corrected chi connectivity index (χ0v) is 55.1. The van der Waals surface area contributed by atoms with Crippen LogP contribution in [0.5, 0.6) is 0 Å². The number of aromatic nitrogens is 2. The molecule has 0 saturated heterocycles. The van der Waals surface area contributed by atoms with Crippen molar-refractivity contribution in [3.05, 3.63) is 349 Å². The number of benzene rings is 14. The maximum absolute atomic E-state index is 11.2. The topological polar surface area (TPSA) is 63.9 Å². The van der Waals surface area contributed by atoms with Crippen molar-refractivity contribution >= 4 is 176 Å². The van der Waals surface area contributed by atoms with Crippen LogP contribution in [-0.4, -0.2) is 14.5 Å². The van der Waals surface area contributed by atoms with Gasteiger partial charge in [-0.2, -0.15) is 0 Å². The van der Waals surface area contributed by atoms with Crippen LogP contribution in [0.25, 0.3) is 92.7 Å². The van der Waals surface area contributed by atoms with Gasteiger partial charge in [-0.25, -0.2) is 0 Å². The lowest BCUT2D eigenvalue weighted by Crippen LogP contribution is -2.20. The highest BCUT2D eigenvalue weighted by atomic mass is 127. The summed E-state index contributed by atoms with van der Waals surface area (Å²) in [6.07, 6.45) is 0. The Kier molecular flexibility index (Phi) is 19.1. The summed E-state index contributed by atoms with van der Waals surface area (Å²) in [5, 5.41) is 27.8. The Morgan fingerprint density at radius 3 is 1.36 bits per heavy atom. The molecule has 0 spiro atoms. The van der Waals surface area contributed by atoms with Gasteiger partial charge in [-0.3, -0.25) is 10.1 Å². The van der Waals surface area contributed by atoms with Crippen molar-refractivity contribution in [2.24, 2.45) is 0 Å². The van der Waals surface area contributed by atoms with Gasteiger partial charge < -0.3 is 9.55 Å². The molecule has 0 bridgehead atoms. The Hall–Kier alpha value is -8.54. The third-order valence-electron chi connectivity index (χ3n) is 15.1. The van der Waals surface area contributed by atoms with Crippen LogP contribution in [-0.2, 0) is 0 Å². The predicted octanol–water partition coefficient (Wildman–Crippen LogP) is 22.8. The summed E-state index contributed by atoms with van der Waals surface area (Å²) in [6.45, 7) is 0. The van der Waals surface area contributed by atoms with Gasteiger partial charge in [0.15, 0.2) is 0 Å². The molecule has 0 saturated carbocycles. The molecule has 5 nitrogen and oxygen atoms in total. The van der Waals surface area contributed by atoms with E-state index in [1.807, 2.05) is 60.7 Å². The van der Waals surface area contributed by atoms with Crippen LogP contribution in [0.1, 0.15) is 0 Å². The van der Waals surface area contributed by atoms with Crippen LogP contribution in [0.3, 0.4) is 0 Å². The van der Waals surface area contributed by atoms with Crippen molar-refractivity contribution in [3.63, 3.8) is 0 Å². The van der Waals surface area contributed by atoms with E-state index in [4.69, 9.17) is 0 Å². The zero-order chi connectivity index (χ0) is 60.3. The lowest BCUT2D eigenvalue weighted by atomic mass is 9.97. The fourth-order valence-corrected chi connectivity index (χ4v) is 15.0. The van der Waals surface area contributed by atoms with Crippen LogP contribution >= 0.6 is 78.3 Å². The standard InChI is InChI=1S/C22H14BrN.C18H15P.C16H10BrNO2.C16H10BrN.C6H5I/c23-16-11-13-20-19(14-16)22-18-9-5-4-6-15(18)10-12-21(22)24(20)17-7-2-1-3-8-17;1-4-10-16(11-5-1)19(17-12-6-2-7-13-17)18-14-8-3-9-15-18;17-12-8-9-16(18(19)20)15(10-12)14-7-3-5-11-4-1-2-6-13(11)14;17-11-6-8-14-13(9-11)16-12-4-2-1-3-10(12)5-7-15(16)18-14;7-6-4-2-1-3-5-6/h1-14H;1-15H;1-10H;1-9,18H;1-5H. The van der Waals surface area contributed by atoms with Crippen LogP contribution < -0.4 is 15.9 Å². The summed E-state index contributed by atoms with van der Waals surface area (Å²) < 4.78 is 6.69. The highest BCUT2D eigenvalue weighted by molar-refractivity contribution is 14.1. The maximum Gasteiger partial charge on any atom is 0.277 e. The molecule has 2 heterocycles. The lowest BCUT2D eigenvalue weighted by molar-refractivity contribution is -0.384. The van der Waals surface area contributed by atoms with Crippen LogP contribution in [0.2, 0.25) is 0 Å². The molecule has 426 valence electrons. The van der Waals surface area contributed by atoms with Crippen molar-refractivity contribution in [2.75, 3.05) is 0 Å². The number of nitro benzene ring substituents is 1. The van der Waals surface area contributed by atoms with E-state index in [0.29, 0.717) is 5.56 Å². The molecule has 0 radical (unpaired) electrons. The Morgan fingerprint density at radius 2 is 0.795 bits per heavy atom. The molecule has 0 aliphatic rings. The number of H-pyrrole nitrogens is 1. The van der Waals surface area contributed by atoms with Crippen molar-refractivity contribution in [1.82, 2.24) is 9.55 Å². The van der Waals surface area contributed by atoms with E-state index < -0.39 is 7.92 Å². The number of fused-ring (bicyclic) bond motifs is 11. The first-order chi connectivity index (χ1) is 43.2. The number of nitrogens with zero attached hydrogens (tertiary/aromatic N) is 2. The second kappa shape index (κ2) is 28.1. The molecule has 0 unspecified atom stereocenters. The Labute approximate surface area is 550 Å². The molecule has 0 atom stereocenters. The van der Waals surface area contributed by atoms with Crippen LogP contribution in [0.15, 0.2) is 335 Å². The molecule has 88 heavy (non-hydrogen) atoms. The van der Waals surface area contributed by atoms with Crippen LogP contribution in [0.4, 0.5) is 5.69 Å². The van der Waals surface area contributed by atoms with E-state index in [0.717, 1.165) is 29.8 Å². The molecule has 0 amide bonds. The summed E-state index contributed by atoms with van der Waals surface area (Å²) >= 11 is 12.9. The van der Waals surface area contributed by atoms with Crippen molar-refractivity contribution in [1.29, 1.82) is 0 Å².